The largest absolute Gasteiger partial charge is 0.352 e. The van der Waals surface area contributed by atoms with Gasteiger partial charge in [-0.1, -0.05) is 12.1 Å². The van der Waals surface area contributed by atoms with Crippen molar-refractivity contribution in [1.29, 1.82) is 0 Å². The minimum Gasteiger partial charge on any atom is -0.352 e. The van der Waals surface area contributed by atoms with Crippen molar-refractivity contribution in [2.24, 2.45) is 0 Å². The molecule has 0 unspecified atom stereocenters. The zero-order chi connectivity index (χ0) is 15.9. The van der Waals surface area contributed by atoms with Crippen LogP contribution < -0.4 is 5.32 Å². The molecule has 0 atom stereocenters. The van der Waals surface area contributed by atoms with E-state index in [-0.39, 0.29) is 24.5 Å². The second-order valence-corrected chi connectivity index (χ2v) is 5.35. The summed E-state index contributed by atoms with van der Waals surface area (Å²) in [6.07, 6.45) is 3.80. The minimum atomic E-state index is -0.117. The van der Waals surface area contributed by atoms with Gasteiger partial charge in [-0.25, -0.2) is 0 Å². The van der Waals surface area contributed by atoms with Crippen molar-refractivity contribution >= 4 is 11.7 Å². The van der Waals surface area contributed by atoms with E-state index < -0.39 is 0 Å². The molecule has 0 aliphatic rings. The molecular formula is C18H20N2O2. The van der Waals surface area contributed by atoms with Crippen LogP contribution in [0.1, 0.15) is 39.9 Å². The lowest BCUT2D eigenvalue weighted by Gasteiger charge is -2.06. The maximum absolute atomic E-state index is 12.1. The number of ketones is 1. The third kappa shape index (κ3) is 4.52. The fourth-order valence-corrected chi connectivity index (χ4v) is 2.08. The van der Waals surface area contributed by atoms with Crippen molar-refractivity contribution in [2.75, 3.05) is 0 Å². The number of nitrogens with one attached hydrogen (secondary N) is 1. The van der Waals surface area contributed by atoms with Crippen molar-refractivity contribution in [3.63, 3.8) is 0 Å². The molecule has 2 aromatic rings. The van der Waals surface area contributed by atoms with Crippen LogP contribution in [-0.4, -0.2) is 16.7 Å². The monoisotopic (exact) mass is 296 g/mol. The van der Waals surface area contributed by atoms with Gasteiger partial charge in [0, 0.05) is 37.3 Å². The van der Waals surface area contributed by atoms with E-state index in [0.29, 0.717) is 12.1 Å². The Hall–Kier alpha value is -2.49. The van der Waals surface area contributed by atoms with E-state index in [0.717, 1.165) is 16.7 Å². The van der Waals surface area contributed by atoms with Crippen LogP contribution in [0.3, 0.4) is 0 Å². The first-order valence-corrected chi connectivity index (χ1v) is 7.32. The van der Waals surface area contributed by atoms with Gasteiger partial charge in [0.1, 0.15) is 0 Å². The fourth-order valence-electron chi connectivity index (χ4n) is 2.08. The smallest absolute Gasteiger partial charge is 0.220 e. The lowest BCUT2D eigenvalue weighted by Crippen LogP contribution is -2.23. The summed E-state index contributed by atoms with van der Waals surface area (Å²) >= 11 is 0. The second-order valence-electron chi connectivity index (χ2n) is 5.35. The quantitative estimate of drug-likeness (QED) is 0.834. The van der Waals surface area contributed by atoms with Crippen LogP contribution >= 0.6 is 0 Å². The van der Waals surface area contributed by atoms with E-state index in [9.17, 15) is 9.59 Å². The summed E-state index contributed by atoms with van der Waals surface area (Å²) in [5.41, 5.74) is 3.91. The molecule has 22 heavy (non-hydrogen) atoms. The third-order valence-electron chi connectivity index (χ3n) is 3.65. The molecule has 0 radical (unpaired) electrons. The van der Waals surface area contributed by atoms with Crippen LogP contribution in [0.25, 0.3) is 0 Å². The van der Waals surface area contributed by atoms with Gasteiger partial charge in [0.2, 0.25) is 5.91 Å². The molecule has 0 saturated heterocycles. The van der Waals surface area contributed by atoms with Gasteiger partial charge in [-0.2, -0.15) is 0 Å². The molecule has 1 aromatic heterocycles. The topological polar surface area (TPSA) is 59.1 Å². The van der Waals surface area contributed by atoms with Gasteiger partial charge in [-0.3, -0.25) is 14.6 Å². The number of aryl methyl sites for hydroxylation is 2. The summed E-state index contributed by atoms with van der Waals surface area (Å²) in [5, 5.41) is 2.81. The van der Waals surface area contributed by atoms with E-state index in [1.165, 1.54) is 0 Å². The van der Waals surface area contributed by atoms with E-state index in [1.54, 1.807) is 12.4 Å². The molecule has 0 saturated carbocycles. The molecule has 1 heterocycles. The molecule has 4 heteroatoms. The van der Waals surface area contributed by atoms with E-state index >= 15 is 0 Å². The molecule has 0 bridgehead atoms. The first-order valence-electron chi connectivity index (χ1n) is 7.32. The van der Waals surface area contributed by atoms with Crippen LogP contribution in [0.5, 0.6) is 0 Å². The lowest BCUT2D eigenvalue weighted by atomic mass is 10.0. The van der Waals surface area contributed by atoms with Crippen molar-refractivity contribution in [1.82, 2.24) is 10.3 Å². The van der Waals surface area contributed by atoms with Crippen LogP contribution in [-0.2, 0) is 11.3 Å². The van der Waals surface area contributed by atoms with E-state index in [4.69, 9.17) is 0 Å². The molecular weight excluding hydrogens is 276 g/mol. The third-order valence-corrected chi connectivity index (χ3v) is 3.65. The highest BCUT2D eigenvalue weighted by Gasteiger charge is 2.10. The summed E-state index contributed by atoms with van der Waals surface area (Å²) in [4.78, 5) is 27.8. The Morgan fingerprint density at radius 2 is 1.73 bits per heavy atom. The zero-order valence-electron chi connectivity index (χ0n) is 12.9. The summed E-state index contributed by atoms with van der Waals surface area (Å²) in [5.74, 6) is -0.115. The minimum absolute atomic E-state index is 0.00200. The molecule has 2 rings (SSSR count). The number of pyridine rings is 1. The number of hydrogen-bond donors (Lipinski definition) is 1. The Morgan fingerprint density at radius 3 is 2.41 bits per heavy atom. The Bertz CT molecular complexity index is 666. The number of amides is 1. The average molecular weight is 296 g/mol. The fraction of sp³-hybridized carbons (Fsp3) is 0.278. The van der Waals surface area contributed by atoms with Gasteiger partial charge >= 0.3 is 0 Å². The molecule has 0 aliphatic carbocycles. The van der Waals surface area contributed by atoms with Crippen molar-refractivity contribution < 1.29 is 9.59 Å². The maximum atomic E-state index is 12.1. The first kappa shape index (κ1) is 15.9. The Kier molecular flexibility index (Phi) is 5.42. The number of hydrogen-bond acceptors (Lipinski definition) is 3. The maximum Gasteiger partial charge on any atom is 0.220 e. The number of Topliss-reactive ketones (excluding diaryl/α,β-unsaturated/α-hetero) is 1. The summed E-state index contributed by atoms with van der Waals surface area (Å²) in [7, 11) is 0. The number of nitrogens with zero attached hydrogens (tertiary/aromatic N) is 1. The van der Waals surface area contributed by atoms with Gasteiger partial charge in [0.25, 0.3) is 0 Å². The first-order chi connectivity index (χ1) is 10.6. The number of rotatable bonds is 6. The molecule has 0 aliphatic heterocycles. The predicted molar refractivity (Wildman–Crippen MR) is 85.6 cm³/mol. The lowest BCUT2D eigenvalue weighted by molar-refractivity contribution is -0.121. The standard InChI is InChI=1S/C18H20N2O2/c1-13-3-4-16(11-14(13)2)17(21)5-6-18(22)20-12-15-7-9-19-10-8-15/h3-4,7-11H,5-6,12H2,1-2H3,(H,20,22). The predicted octanol–water partition coefficient (Wildman–Crippen LogP) is 2.98. The number of aromatic nitrogens is 1. The number of carbonyl (C=O) groups excluding carboxylic acids is 2. The number of carbonyl (C=O) groups is 2. The highest BCUT2D eigenvalue weighted by Crippen LogP contribution is 2.12. The molecule has 1 N–H and O–H groups in total. The SMILES string of the molecule is Cc1ccc(C(=O)CCC(=O)NCc2ccncc2)cc1C. The highest BCUT2D eigenvalue weighted by molar-refractivity contribution is 5.98. The van der Waals surface area contributed by atoms with Gasteiger partial charge in [0.05, 0.1) is 0 Å². The molecule has 1 amide bonds. The Labute approximate surface area is 130 Å². The van der Waals surface area contributed by atoms with Crippen LogP contribution in [0.4, 0.5) is 0 Å². The summed E-state index contributed by atoms with van der Waals surface area (Å²) in [6.45, 7) is 4.45. The summed E-state index contributed by atoms with van der Waals surface area (Å²) in [6, 6.07) is 9.33. The molecule has 4 nitrogen and oxygen atoms in total. The van der Waals surface area contributed by atoms with Gasteiger partial charge in [-0.15, -0.1) is 0 Å². The number of benzene rings is 1. The van der Waals surface area contributed by atoms with Crippen molar-refractivity contribution in [2.45, 2.75) is 33.2 Å². The van der Waals surface area contributed by atoms with Gasteiger partial charge < -0.3 is 5.32 Å². The van der Waals surface area contributed by atoms with Gasteiger partial charge in [-0.05, 0) is 48.7 Å². The molecule has 114 valence electrons. The van der Waals surface area contributed by atoms with Crippen LogP contribution in [0.2, 0.25) is 0 Å². The normalized spacial score (nSPS) is 10.3. The van der Waals surface area contributed by atoms with Crippen LogP contribution in [0, 0.1) is 13.8 Å². The molecule has 1 aromatic carbocycles. The molecule has 0 spiro atoms. The summed E-state index contributed by atoms with van der Waals surface area (Å²) < 4.78 is 0. The van der Waals surface area contributed by atoms with Crippen LogP contribution in [0.15, 0.2) is 42.7 Å². The van der Waals surface area contributed by atoms with Crippen molar-refractivity contribution in [3.8, 4) is 0 Å². The van der Waals surface area contributed by atoms with E-state index in [1.807, 2.05) is 44.2 Å². The Balaban J connectivity index is 1.80. The zero-order valence-corrected chi connectivity index (χ0v) is 12.9. The highest BCUT2D eigenvalue weighted by atomic mass is 16.2. The second kappa shape index (κ2) is 7.50. The van der Waals surface area contributed by atoms with Gasteiger partial charge in [0.15, 0.2) is 5.78 Å². The van der Waals surface area contributed by atoms with Crippen molar-refractivity contribution in [3.05, 3.63) is 65.0 Å². The van der Waals surface area contributed by atoms with E-state index in [2.05, 4.69) is 10.3 Å². The molecule has 0 fully saturated rings. The Morgan fingerprint density at radius 1 is 1.00 bits per heavy atom. The average Bonchev–Trinajstić information content (AvgIpc) is 2.54.